The van der Waals surface area contributed by atoms with Crippen LogP contribution in [0.2, 0.25) is 0 Å². The third kappa shape index (κ3) is 3.71. The first kappa shape index (κ1) is 23.0. The van der Waals surface area contributed by atoms with Gasteiger partial charge in [-0.25, -0.2) is 22.0 Å². The van der Waals surface area contributed by atoms with E-state index in [0.29, 0.717) is 31.2 Å². The highest BCUT2D eigenvalue weighted by atomic mass is 32.2. The van der Waals surface area contributed by atoms with Crippen LogP contribution in [0, 0.1) is 11.6 Å². The van der Waals surface area contributed by atoms with Gasteiger partial charge in [-0.05, 0) is 50.3 Å². The van der Waals surface area contributed by atoms with Crippen molar-refractivity contribution < 1.29 is 21.6 Å². The molecule has 0 radical (unpaired) electrons. The van der Waals surface area contributed by atoms with Crippen molar-refractivity contribution in [1.82, 2.24) is 9.29 Å². The van der Waals surface area contributed by atoms with Crippen LogP contribution in [0.3, 0.4) is 0 Å². The van der Waals surface area contributed by atoms with E-state index in [1.54, 1.807) is 31.2 Å². The molecule has 34 heavy (non-hydrogen) atoms. The molecule has 0 bridgehead atoms. The number of sulfonamides is 1. The summed E-state index contributed by atoms with van der Waals surface area (Å²) in [4.78, 5) is 13.9. The monoisotopic (exact) mass is 488 g/mol. The van der Waals surface area contributed by atoms with Gasteiger partial charge in [-0.2, -0.15) is 4.31 Å². The first-order valence-corrected chi connectivity index (χ1v) is 13.0. The Morgan fingerprint density at radius 2 is 1.85 bits per heavy atom. The van der Waals surface area contributed by atoms with Gasteiger partial charge in [0.1, 0.15) is 22.6 Å². The molecule has 9 heteroatoms. The van der Waals surface area contributed by atoms with Gasteiger partial charge in [-0.3, -0.25) is 4.98 Å². The van der Waals surface area contributed by atoms with Gasteiger partial charge in [0.15, 0.2) is 0 Å². The van der Waals surface area contributed by atoms with E-state index >= 15 is 8.78 Å². The van der Waals surface area contributed by atoms with Gasteiger partial charge < -0.3 is 4.42 Å². The van der Waals surface area contributed by atoms with E-state index in [1.807, 2.05) is 6.07 Å². The van der Waals surface area contributed by atoms with Crippen LogP contribution in [0.5, 0.6) is 0 Å². The fraction of sp³-hybridized carbons (Fsp3) is 0.400. The molecule has 2 aromatic carbocycles. The smallest absolute Gasteiger partial charge is 0.412 e. The van der Waals surface area contributed by atoms with E-state index < -0.39 is 38.1 Å². The second kappa shape index (κ2) is 8.46. The predicted molar refractivity (Wildman–Crippen MR) is 123 cm³/mol. The molecule has 1 saturated heterocycles. The zero-order valence-corrected chi connectivity index (χ0v) is 19.6. The van der Waals surface area contributed by atoms with Crippen LogP contribution in [0.15, 0.2) is 57.9 Å². The Labute approximate surface area is 196 Å². The van der Waals surface area contributed by atoms with Crippen LogP contribution in [-0.4, -0.2) is 23.7 Å². The first-order valence-electron chi connectivity index (χ1n) is 11.5. The molecule has 0 amide bonds. The summed E-state index contributed by atoms with van der Waals surface area (Å²) in [6.45, 7) is 1.54. The molecule has 1 aliphatic carbocycles. The van der Waals surface area contributed by atoms with Crippen LogP contribution >= 0.6 is 0 Å². The minimum Gasteiger partial charge on any atom is -0.412 e. The van der Waals surface area contributed by atoms with Crippen LogP contribution in [-0.2, 0) is 22.0 Å². The summed E-state index contributed by atoms with van der Waals surface area (Å²) in [5.74, 6) is -1.67. The molecule has 2 aliphatic rings. The lowest BCUT2D eigenvalue weighted by Gasteiger charge is -2.40. The lowest BCUT2D eigenvalue weighted by molar-refractivity contribution is 0.236. The molecule has 1 aliphatic heterocycles. The Balaban J connectivity index is 1.48. The van der Waals surface area contributed by atoms with Crippen LogP contribution in [0.1, 0.15) is 66.7 Å². The van der Waals surface area contributed by atoms with Crippen LogP contribution < -0.4 is 5.76 Å². The number of nitrogens with zero attached hydrogens (tertiary/aromatic N) is 1. The fourth-order valence-corrected chi connectivity index (χ4v) is 7.48. The Bertz CT molecular complexity index is 1360. The second-order valence-electron chi connectivity index (χ2n) is 9.32. The summed E-state index contributed by atoms with van der Waals surface area (Å²) in [6.07, 6.45) is 4.35. The van der Waals surface area contributed by atoms with E-state index in [1.165, 1.54) is 10.5 Å². The minimum absolute atomic E-state index is 0.0182. The summed E-state index contributed by atoms with van der Waals surface area (Å²) >= 11 is 0. The van der Waals surface area contributed by atoms with E-state index in [-0.39, 0.29) is 29.5 Å². The Hall–Kier alpha value is -2.78. The molecule has 0 unspecified atom stereocenters. The highest BCUT2D eigenvalue weighted by molar-refractivity contribution is 7.89. The SMILES string of the molecule is C[C@H]1CC[C@H](c2ccccc2)S(=O)(=O)N1Cc1cc(F)c(C2(c3c[nH]c(=O)o3)CCC2)cc1F. The van der Waals surface area contributed by atoms with Gasteiger partial charge in [-0.1, -0.05) is 36.8 Å². The summed E-state index contributed by atoms with van der Waals surface area (Å²) in [5.41, 5.74) is -0.0953. The normalized spacial score (nSPS) is 24.0. The summed E-state index contributed by atoms with van der Waals surface area (Å²) < 4.78 is 64.1. The Morgan fingerprint density at radius 3 is 2.47 bits per heavy atom. The van der Waals surface area contributed by atoms with E-state index in [4.69, 9.17) is 4.42 Å². The number of halogens is 2. The molecule has 3 aromatic rings. The predicted octanol–water partition coefficient (Wildman–Crippen LogP) is 4.77. The van der Waals surface area contributed by atoms with Crippen molar-refractivity contribution in [3.63, 3.8) is 0 Å². The van der Waals surface area contributed by atoms with Crippen molar-refractivity contribution in [2.24, 2.45) is 0 Å². The fourth-order valence-electron chi connectivity index (χ4n) is 5.29. The van der Waals surface area contributed by atoms with Gasteiger partial charge in [0.2, 0.25) is 10.0 Å². The molecule has 1 saturated carbocycles. The average molecular weight is 489 g/mol. The van der Waals surface area contributed by atoms with Crippen molar-refractivity contribution in [1.29, 1.82) is 0 Å². The minimum atomic E-state index is -3.78. The highest BCUT2D eigenvalue weighted by Crippen LogP contribution is 2.50. The molecule has 1 N–H and O–H groups in total. The maximum Gasteiger partial charge on any atom is 0.416 e. The van der Waals surface area contributed by atoms with Crippen molar-refractivity contribution in [2.75, 3.05) is 0 Å². The molecule has 0 spiro atoms. The number of aromatic nitrogens is 1. The number of nitrogens with one attached hydrogen (secondary N) is 1. The number of hydrogen-bond acceptors (Lipinski definition) is 4. The first-order chi connectivity index (χ1) is 16.2. The van der Waals surface area contributed by atoms with Crippen molar-refractivity contribution in [2.45, 2.75) is 62.3 Å². The van der Waals surface area contributed by atoms with Crippen molar-refractivity contribution >= 4 is 10.0 Å². The number of oxazole rings is 1. The average Bonchev–Trinajstić information content (AvgIpc) is 3.20. The van der Waals surface area contributed by atoms with E-state index in [0.717, 1.165) is 18.6 Å². The molecule has 2 fully saturated rings. The number of benzene rings is 2. The van der Waals surface area contributed by atoms with Gasteiger partial charge in [0.05, 0.1) is 5.41 Å². The van der Waals surface area contributed by atoms with Crippen molar-refractivity contribution in [3.05, 3.63) is 93.3 Å². The quantitative estimate of drug-likeness (QED) is 0.561. The lowest BCUT2D eigenvalue weighted by Crippen LogP contribution is -2.45. The molecule has 5 rings (SSSR count). The highest BCUT2D eigenvalue weighted by Gasteiger charge is 2.46. The summed E-state index contributed by atoms with van der Waals surface area (Å²) in [7, 11) is -3.78. The van der Waals surface area contributed by atoms with Gasteiger partial charge in [0, 0.05) is 29.9 Å². The maximum absolute atomic E-state index is 15.4. The van der Waals surface area contributed by atoms with Gasteiger partial charge in [-0.15, -0.1) is 0 Å². The van der Waals surface area contributed by atoms with Gasteiger partial charge in [0.25, 0.3) is 0 Å². The van der Waals surface area contributed by atoms with Crippen molar-refractivity contribution in [3.8, 4) is 0 Å². The zero-order valence-electron chi connectivity index (χ0n) is 18.8. The number of hydrogen-bond donors (Lipinski definition) is 1. The lowest BCUT2D eigenvalue weighted by atomic mass is 9.63. The topological polar surface area (TPSA) is 83.4 Å². The molecular weight excluding hydrogens is 462 g/mol. The number of aromatic amines is 1. The molecular formula is C25H26F2N2O4S. The molecule has 180 valence electrons. The number of H-pyrrole nitrogens is 1. The largest absolute Gasteiger partial charge is 0.416 e. The molecule has 1 aromatic heterocycles. The molecule has 2 atom stereocenters. The van der Waals surface area contributed by atoms with Crippen LogP contribution in [0.25, 0.3) is 0 Å². The number of rotatable bonds is 5. The van der Waals surface area contributed by atoms with Crippen LogP contribution in [0.4, 0.5) is 8.78 Å². The Morgan fingerprint density at radius 1 is 1.12 bits per heavy atom. The van der Waals surface area contributed by atoms with E-state index in [9.17, 15) is 13.2 Å². The zero-order chi connectivity index (χ0) is 24.1. The third-order valence-electron chi connectivity index (χ3n) is 7.38. The summed E-state index contributed by atoms with van der Waals surface area (Å²) in [6, 6.07) is 10.9. The molecule has 2 heterocycles. The maximum atomic E-state index is 15.4. The van der Waals surface area contributed by atoms with Gasteiger partial charge >= 0.3 is 5.76 Å². The van der Waals surface area contributed by atoms with E-state index in [2.05, 4.69) is 4.98 Å². The standard InChI is InChI=1S/C25H26F2N2O4S/c1-16-8-9-22(17-6-3-2-4-7-17)34(31,32)29(16)15-18-12-21(27)19(13-20(18)26)25(10-5-11-25)23-14-28-24(30)33-23/h2-4,6-7,12-14,16,22H,5,8-11,15H2,1H3,(H,28,30)/t16-,22+/m0/s1. The second-order valence-corrected chi connectivity index (χ2v) is 11.4. The summed E-state index contributed by atoms with van der Waals surface area (Å²) in [5, 5.41) is -0.716. The Kier molecular flexibility index (Phi) is 5.72. The third-order valence-corrected chi connectivity index (χ3v) is 9.75. The molecule has 6 nitrogen and oxygen atoms in total.